The predicted octanol–water partition coefficient (Wildman–Crippen LogP) is 4.66. The Balaban J connectivity index is 1.72. The van der Waals surface area contributed by atoms with Gasteiger partial charge in [-0.05, 0) is 68.0 Å². The number of hydrogen-bond donors (Lipinski definition) is 1. The molecule has 2 aliphatic carbocycles. The molecule has 2 unspecified atom stereocenters. The molecule has 1 saturated carbocycles. The second kappa shape index (κ2) is 6.76. The molecule has 1 aromatic carbocycles. The molecule has 1 N–H and O–H groups in total. The third-order valence-corrected chi connectivity index (χ3v) is 5.47. The maximum atomic E-state index is 3.80. The van der Waals surface area contributed by atoms with Gasteiger partial charge < -0.3 is 5.32 Å². The summed E-state index contributed by atoms with van der Waals surface area (Å²) < 4.78 is 0. The molecule has 0 aliphatic heterocycles. The zero-order chi connectivity index (χ0) is 13.8. The van der Waals surface area contributed by atoms with E-state index in [9.17, 15) is 0 Å². The standard InChI is InChI=1S/C19H29N/c1-2-20-19(16-9-3-4-10-16)14-17-12-7-11-15-8-5-6-13-18(15)17/h5-6,8,13,16-17,19-20H,2-4,7,9-12,14H2,1H3. The topological polar surface area (TPSA) is 12.0 Å². The molecule has 0 radical (unpaired) electrons. The molecule has 0 amide bonds. The smallest absolute Gasteiger partial charge is 0.0101 e. The van der Waals surface area contributed by atoms with Gasteiger partial charge in [0.25, 0.3) is 0 Å². The molecule has 0 spiro atoms. The molecule has 2 aliphatic rings. The highest BCUT2D eigenvalue weighted by Gasteiger charge is 2.29. The van der Waals surface area contributed by atoms with Crippen molar-refractivity contribution < 1.29 is 0 Å². The van der Waals surface area contributed by atoms with E-state index in [1.165, 1.54) is 51.4 Å². The molecule has 1 heteroatoms. The summed E-state index contributed by atoms with van der Waals surface area (Å²) in [5, 5.41) is 3.80. The monoisotopic (exact) mass is 271 g/mol. The molecular formula is C19H29N. The van der Waals surface area contributed by atoms with Gasteiger partial charge in [-0.2, -0.15) is 0 Å². The lowest BCUT2D eigenvalue weighted by Gasteiger charge is -2.32. The van der Waals surface area contributed by atoms with Crippen LogP contribution in [0.25, 0.3) is 0 Å². The summed E-state index contributed by atoms with van der Waals surface area (Å²) in [6, 6.07) is 9.92. The number of aryl methyl sites for hydroxylation is 1. The Kier molecular flexibility index (Phi) is 4.77. The Hall–Kier alpha value is -0.820. The van der Waals surface area contributed by atoms with Crippen molar-refractivity contribution in [3.63, 3.8) is 0 Å². The largest absolute Gasteiger partial charge is 0.314 e. The molecule has 1 aromatic rings. The van der Waals surface area contributed by atoms with E-state index in [-0.39, 0.29) is 0 Å². The highest BCUT2D eigenvalue weighted by atomic mass is 14.9. The van der Waals surface area contributed by atoms with E-state index in [2.05, 4.69) is 36.5 Å². The summed E-state index contributed by atoms with van der Waals surface area (Å²) in [6.45, 7) is 3.38. The van der Waals surface area contributed by atoms with Crippen molar-refractivity contribution >= 4 is 0 Å². The van der Waals surface area contributed by atoms with Crippen LogP contribution in [0.2, 0.25) is 0 Å². The zero-order valence-corrected chi connectivity index (χ0v) is 12.9. The van der Waals surface area contributed by atoms with Crippen molar-refractivity contribution in [2.75, 3.05) is 6.54 Å². The number of benzene rings is 1. The van der Waals surface area contributed by atoms with Crippen molar-refractivity contribution in [3.05, 3.63) is 35.4 Å². The number of nitrogens with one attached hydrogen (secondary N) is 1. The van der Waals surface area contributed by atoms with E-state index in [4.69, 9.17) is 0 Å². The Morgan fingerprint density at radius 1 is 1.10 bits per heavy atom. The second-order valence-corrected chi connectivity index (χ2v) is 6.73. The fourth-order valence-corrected chi connectivity index (χ4v) is 4.47. The molecule has 0 aromatic heterocycles. The van der Waals surface area contributed by atoms with Crippen molar-refractivity contribution in [1.82, 2.24) is 5.32 Å². The predicted molar refractivity (Wildman–Crippen MR) is 86.2 cm³/mol. The number of fused-ring (bicyclic) bond motifs is 1. The first-order valence-corrected chi connectivity index (χ1v) is 8.69. The molecule has 3 rings (SSSR count). The average Bonchev–Trinajstić information content (AvgIpc) is 3.01. The third-order valence-electron chi connectivity index (χ3n) is 5.47. The summed E-state index contributed by atoms with van der Waals surface area (Å²) >= 11 is 0. The molecule has 1 fully saturated rings. The summed E-state index contributed by atoms with van der Waals surface area (Å²) in [5.74, 6) is 1.73. The van der Waals surface area contributed by atoms with Crippen LogP contribution in [0.3, 0.4) is 0 Å². The van der Waals surface area contributed by atoms with E-state index in [1.807, 2.05) is 0 Å². The summed E-state index contributed by atoms with van der Waals surface area (Å²) in [4.78, 5) is 0. The fourth-order valence-electron chi connectivity index (χ4n) is 4.47. The van der Waals surface area contributed by atoms with Gasteiger partial charge in [0, 0.05) is 6.04 Å². The molecule has 110 valence electrons. The normalized spacial score (nSPS) is 24.6. The first kappa shape index (κ1) is 14.1. The van der Waals surface area contributed by atoms with Gasteiger partial charge in [0.05, 0.1) is 0 Å². The van der Waals surface area contributed by atoms with E-state index in [0.717, 1.165) is 24.4 Å². The van der Waals surface area contributed by atoms with Gasteiger partial charge in [0.2, 0.25) is 0 Å². The Morgan fingerprint density at radius 3 is 2.70 bits per heavy atom. The van der Waals surface area contributed by atoms with E-state index < -0.39 is 0 Å². The molecule has 0 bridgehead atoms. The van der Waals surface area contributed by atoms with Crippen molar-refractivity contribution in [2.24, 2.45) is 5.92 Å². The highest BCUT2D eigenvalue weighted by Crippen LogP contribution is 2.38. The maximum Gasteiger partial charge on any atom is 0.0101 e. The van der Waals surface area contributed by atoms with Crippen molar-refractivity contribution in [2.45, 2.75) is 70.3 Å². The molecule has 20 heavy (non-hydrogen) atoms. The van der Waals surface area contributed by atoms with Crippen LogP contribution < -0.4 is 5.32 Å². The van der Waals surface area contributed by atoms with Crippen LogP contribution in [0.1, 0.15) is 68.9 Å². The summed E-state index contributed by atoms with van der Waals surface area (Å²) in [6.07, 6.45) is 11.2. The zero-order valence-electron chi connectivity index (χ0n) is 12.9. The minimum atomic E-state index is 0.749. The Labute approximate surface area is 124 Å². The van der Waals surface area contributed by atoms with Crippen molar-refractivity contribution in [3.8, 4) is 0 Å². The molecule has 0 heterocycles. The Morgan fingerprint density at radius 2 is 1.90 bits per heavy atom. The summed E-state index contributed by atoms with van der Waals surface area (Å²) in [7, 11) is 0. The van der Waals surface area contributed by atoms with E-state index in [0.29, 0.717) is 0 Å². The van der Waals surface area contributed by atoms with Gasteiger partial charge >= 0.3 is 0 Å². The van der Waals surface area contributed by atoms with Crippen LogP contribution in [0, 0.1) is 5.92 Å². The van der Waals surface area contributed by atoms with Gasteiger partial charge in [-0.25, -0.2) is 0 Å². The number of rotatable bonds is 5. The molecule has 0 saturated heterocycles. The fraction of sp³-hybridized carbons (Fsp3) is 0.684. The van der Waals surface area contributed by atoms with Crippen LogP contribution in [-0.4, -0.2) is 12.6 Å². The molecule has 2 atom stereocenters. The first-order valence-electron chi connectivity index (χ1n) is 8.69. The lowest BCUT2D eigenvalue weighted by atomic mass is 9.77. The van der Waals surface area contributed by atoms with Gasteiger partial charge in [-0.1, -0.05) is 44.0 Å². The SMILES string of the molecule is CCNC(CC1CCCc2ccccc21)C1CCCC1. The molecule has 1 nitrogen and oxygen atoms in total. The Bertz CT molecular complexity index is 420. The van der Waals surface area contributed by atoms with Crippen LogP contribution in [0.5, 0.6) is 0 Å². The first-order chi connectivity index (χ1) is 9.88. The van der Waals surface area contributed by atoms with Crippen molar-refractivity contribution in [1.29, 1.82) is 0 Å². The lowest BCUT2D eigenvalue weighted by molar-refractivity contribution is 0.315. The van der Waals surface area contributed by atoms with Gasteiger partial charge in [0.15, 0.2) is 0 Å². The number of hydrogen-bond acceptors (Lipinski definition) is 1. The second-order valence-electron chi connectivity index (χ2n) is 6.73. The third kappa shape index (κ3) is 3.09. The van der Waals surface area contributed by atoms with Crippen LogP contribution in [0.15, 0.2) is 24.3 Å². The highest BCUT2D eigenvalue weighted by molar-refractivity contribution is 5.32. The van der Waals surface area contributed by atoms with Gasteiger partial charge in [-0.3, -0.25) is 0 Å². The quantitative estimate of drug-likeness (QED) is 0.821. The average molecular weight is 271 g/mol. The van der Waals surface area contributed by atoms with E-state index >= 15 is 0 Å². The van der Waals surface area contributed by atoms with Crippen LogP contribution in [0.4, 0.5) is 0 Å². The van der Waals surface area contributed by atoms with Crippen LogP contribution >= 0.6 is 0 Å². The lowest BCUT2D eigenvalue weighted by Crippen LogP contribution is -2.36. The van der Waals surface area contributed by atoms with Gasteiger partial charge in [-0.15, -0.1) is 0 Å². The van der Waals surface area contributed by atoms with Gasteiger partial charge in [0.1, 0.15) is 0 Å². The molecular weight excluding hydrogens is 242 g/mol. The van der Waals surface area contributed by atoms with Crippen LogP contribution in [-0.2, 0) is 6.42 Å². The minimum absolute atomic E-state index is 0.749. The van der Waals surface area contributed by atoms with E-state index in [1.54, 1.807) is 11.1 Å². The minimum Gasteiger partial charge on any atom is -0.314 e. The maximum absolute atomic E-state index is 3.80. The summed E-state index contributed by atoms with van der Waals surface area (Å²) in [5.41, 5.74) is 3.27.